The van der Waals surface area contributed by atoms with E-state index in [1.54, 1.807) is 24.7 Å². The molecule has 1 heterocycles. The van der Waals surface area contributed by atoms with Crippen LogP contribution in [0.15, 0.2) is 46.9 Å². The van der Waals surface area contributed by atoms with E-state index < -0.39 is 6.04 Å². The molecule has 24 heavy (non-hydrogen) atoms. The van der Waals surface area contributed by atoms with Crippen molar-refractivity contribution < 1.29 is 14.3 Å². The number of thiazole rings is 1. The van der Waals surface area contributed by atoms with Gasteiger partial charge in [0.15, 0.2) is 4.80 Å². The molecule has 0 fully saturated rings. The lowest BCUT2D eigenvalue weighted by Crippen LogP contribution is -2.37. The number of hydrogen-bond acceptors (Lipinski definition) is 4. The van der Waals surface area contributed by atoms with Gasteiger partial charge in [0.1, 0.15) is 11.8 Å². The standard InChI is InChI=1S/C17H19N3O3S/c1-12(16(22)19-17-20(2)10-11-24-17)18-15(21)9-6-13-4-7-14(23-3)8-5-13/h4-12H,1-3H3,(H,18,21)/b9-6+,19-17?. The molecule has 0 radical (unpaired) electrons. The number of methoxy groups -OCH3 is 1. The molecule has 6 nitrogen and oxygen atoms in total. The summed E-state index contributed by atoms with van der Waals surface area (Å²) in [5.74, 6) is 0.0100. The minimum absolute atomic E-state index is 0.350. The monoisotopic (exact) mass is 345 g/mol. The second-order valence-electron chi connectivity index (χ2n) is 5.08. The predicted octanol–water partition coefficient (Wildman–Crippen LogP) is 1.74. The molecule has 0 bridgehead atoms. The van der Waals surface area contributed by atoms with Crippen molar-refractivity contribution in [2.24, 2.45) is 12.0 Å². The predicted molar refractivity (Wildman–Crippen MR) is 93.5 cm³/mol. The molecular formula is C17H19N3O3S. The largest absolute Gasteiger partial charge is 0.497 e. The Balaban J connectivity index is 1.94. The third-order valence-corrected chi connectivity index (χ3v) is 4.09. The van der Waals surface area contributed by atoms with Crippen molar-refractivity contribution >= 4 is 29.2 Å². The summed E-state index contributed by atoms with van der Waals surface area (Å²) in [4.78, 5) is 28.5. The lowest BCUT2D eigenvalue weighted by molar-refractivity contribution is -0.124. The van der Waals surface area contributed by atoms with Gasteiger partial charge in [0, 0.05) is 24.7 Å². The first kappa shape index (κ1) is 17.7. The van der Waals surface area contributed by atoms with Crippen LogP contribution in [0.4, 0.5) is 0 Å². The van der Waals surface area contributed by atoms with Crippen molar-refractivity contribution in [3.63, 3.8) is 0 Å². The van der Waals surface area contributed by atoms with Crippen LogP contribution in [0.5, 0.6) is 5.75 Å². The number of nitrogens with zero attached hydrogens (tertiary/aromatic N) is 2. The van der Waals surface area contributed by atoms with Crippen LogP contribution in [-0.2, 0) is 16.6 Å². The highest BCUT2D eigenvalue weighted by Gasteiger charge is 2.13. The van der Waals surface area contributed by atoms with Crippen LogP contribution >= 0.6 is 11.3 Å². The Bertz CT molecular complexity index is 803. The van der Waals surface area contributed by atoms with Gasteiger partial charge in [0.25, 0.3) is 5.91 Å². The van der Waals surface area contributed by atoms with Crippen LogP contribution in [0.3, 0.4) is 0 Å². The van der Waals surface area contributed by atoms with Crippen molar-refractivity contribution in [1.29, 1.82) is 0 Å². The second-order valence-corrected chi connectivity index (χ2v) is 5.96. The Morgan fingerprint density at radius 3 is 2.62 bits per heavy atom. The minimum atomic E-state index is -0.694. The highest BCUT2D eigenvalue weighted by Crippen LogP contribution is 2.12. The topological polar surface area (TPSA) is 72.7 Å². The molecule has 2 aromatic rings. The van der Waals surface area contributed by atoms with Gasteiger partial charge in [0.05, 0.1) is 7.11 Å². The summed E-state index contributed by atoms with van der Waals surface area (Å²) in [5.41, 5.74) is 0.861. The fourth-order valence-electron chi connectivity index (χ4n) is 1.84. The molecule has 0 saturated heterocycles. The van der Waals surface area contributed by atoms with Crippen molar-refractivity contribution in [2.75, 3.05) is 7.11 Å². The first-order valence-electron chi connectivity index (χ1n) is 7.31. The fraction of sp³-hybridized carbons (Fsp3) is 0.235. The van der Waals surface area contributed by atoms with Gasteiger partial charge in [-0.2, -0.15) is 4.99 Å². The van der Waals surface area contributed by atoms with E-state index >= 15 is 0 Å². The summed E-state index contributed by atoms with van der Waals surface area (Å²) >= 11 is 1.36. The number of aryl methyl sites for hydroxylation is 1. The maximum atomic E-state index is 12.0. The van der Waals surface area contributed by atoms with Gasteiger partial charge in [-0.3, -0.25) is 9.59 Å². The van der Waals surface area contributed by atoms with Gasteiger partial charge in [-0.25, -0.2) is 0 Å². The summed E-state index contributed by atoms with van der Waals surface area (Å²) in [6, 6.07) is 6.60. The Morgan fingerprint density at radius 2 is 2.04 bits per heavy atom. The van der Waals surface area contributed by atoms with Gasteiger partial charge >= 0.3 is 0 Å². The number of benzene rings is 1. The molecule has 2 amide bonds. The second kappa shape index (κ2) is 8.26. The van der Waals surface area contributed by atoms with Crippen LogP contribution < -0.4 is 14.9 Å². The van der Waals surface area contributed by atoms with E-state index in [1.807, 2.05) is 42.9 Å². The number of hydrogen-bond donors (Lipinski definition) is 1. The van der Waals surface area contributed by atoms with Crippen LogP contribution in [0.2, 0.25) is 0 Å². The molecule has 1 atom stereocenters. The van der Waals surface area contributed by atoms with E-state index in [0.29, 0.717) is 4.80 Å². The number of carbonyl (C=O) groups is 2. The van der Waals surface area contributed by atoms with E-state index in [9.17, 15) is 9.59 Å². The molecule has 0 aliphatic heterocycles. The Hall–Kier alpha value is -2.67. The van der Waals surface area contributed by atoms with Crippen molar-refractivity contribution in [2.45, 2.75) is 13.0 Å². The van der Waals surface area contributed by atoms with E-state index in [2.05, 4.69) is 10.3 Å². The van der Waals surface area contributed by atoms with Crippen molar-refractivity contribution in [3.8, 4) is 5.75 Å². The highest BCUT2D eigenvalue weighted by molar-refractivity contribution is 7.07. The Kier molecular flexibility index (Phi) is 6.08. The summed E-state index contributed by atoms with van der Waals surface area (Å²) in [5, 5.41) is 4.45. The van der Waals surface area contributed by atoms with E-state index in [0.717, 1.165) is 11.3 Å². The Labute approximate surface area is 144 Å². The van der Waals surface area contributed by atoms with Gasteiger partial charge in [-0.1, -0.05) is 12.1 Å². The number of amides is 2. The van der Waals surface area contributed by atoms with Crippen molar-refractivity contribution in [1.82, 2.24) is 9.88 Å². The molecule has 126 valence electrons. The SMILES string of the molecule is COc1ccc(/C=C/C(=O)NC(C)C(=O)N=c2sccn2C)cc1. The lowest BCUT2D eigenvalue weighted by Gasteiger charge is -2.07. The molecule has 0 spiro atoms. The van der Waals surface area contributed by atoms with Crippen LogP contribution in [0.1, 0.15) is 12.5 Å². The zero-order valence-electron chi connectivity index (χ0n) is 13.7. The summed E-state index contributed by atoms with van der Waals surface area (Å²) < 4.78 is 6.82. The average Bonchev–Trinajstić information content (AvgIpc) is 2.98. The number of carbonyl (C=O) groups excluding carboxylic acids is 2. The number of ether oxygens (including phenoxy) is 1. The quantitative estimate of drug-likeness (QED) is 0.839. The van der Waals surface area contributed by atoms with Gasteiger partial charge < -0.3 is 14.6 Å². The molecule has 7 heteroatoms. The molecule has 0 saturated carbocycles. The average molecular weight is 345 g/mol. The smallest absolute Gasteiger partial charge is 0.270 e. The highest BCUT2D eigenvalue weighted by atomic mass is 32.1. The molecule has 1 unspecified atom stereocenters. The van der Waals surface area contributed by atoms with Crippen molar-refractivity contribution in [3.05, 3.63) is 52.3 Å². The normalized spacial score (nSPS) is 13.0. The maximum absolute atomic E-state index is 12.0. The molecule has 1 aromatic heterocycles. The number of aromatic nitrogens is 1. The first-order chi connectivity index (χ1) is 11.5. The fourth-order valence-corrected chi connectivity index (χ4v) is 2.57. The van der Waals surface area contributed by atoms with Gasteiger partial charge in [-0.05, 0) is 30.7 Å². The third kappa shape index (κ3) is 4.92. The molecule has 1 N–H and O–H groups in total. The molecule has 2 rings (SSSR count). The first-order valence-corrected chi connectivity index (χ1v) is 8.19. The number of nitrogens with one attached hydrogen (secondary N) is 1. The van der Waals surface area contributed by atoms with E-state index in [-0.39, 0.29) is 11.8 Å². The van der Waals surface area contributed by atoms with Crippen LogP contribution in [0, 0.1) is 0 Å². The molecule has 1 aromatic carbocycles. The van der Waals surface area contributed by atoms with E-state index in [4.69, 9.17) is 4.74 Å². The summed E-state index contributed by atoms with van der Waals surface area (Å²) in [6.07, 6.45) is 4.87. The zero-order chi connectivity index (χ0) is 17.5. The third-order valence-electron chi connectivity index (χ3n) is 3.24. The molecule has 0 aliphatic rings. The maximum Gasteiger partial charge on any atom is 0.270 e. The lowest BCUT2D eigenvalue weighted by atomic mass is 10.2. The summed E-state index contributed by atoms with van der Waals surface area (Å²) in [7, 11) is 3.40. The minimum Gasteiger partial charge on any atom is -0.497 e. The van der Waals surface area contributed by atoms with Gasteiger partial charge in [0.2, 0.25) is 5.91 Å². The molecular weight excluding hydrogens is 326 g/mol. The number of rotatable bonds is 5. The van der Waals surface area contributed by atoms with Crippen LogP contribution in [0.25, 0.3) is 6.08 Å². The molecule has 0 aliphatic carbocycles. The Morgan fingerprint density at radius 1 is 1.33 bits per heavy atom. The van der Waals surface area contributed by atoms with Crippen LogP contribution in [-0.4, -0.2) is 29.5 Å². The summed E-state index contributed by atoms with van der Waals surface area (Å²) in [6.45, 7) is 1.61. The zero-order valence-corrected chi connectivity index (χ0v) is 14.5. The van der Waals surface area contributed by atoms with Gasteiger partial charge in [-0.15, -0.1) is 11.3 Å². The van der Waals surface area contributed by atoms with E-state index in [1.165, 1.54) is 17.4 Å².